The van der Waals surface area contributed by atoms with Crippen LogP contribution in [0.1, 0.15) is 18.5 Å². The van der Waals surface area contributed by atoms with E-state index in [1.54, 1.807) is 7.11 Å². The summed E-state index contributed by atoms with van der Waals surface area (Å²) >= 11 is 5.67. The van der Waals surface area contributed by atoms with Gasteiger partial charge in [0.25, 0.3) is 0 Å². The van der Waals surface area contributed by atoms with E-state index in [0.29, 0.717) is 54.3 Å². The van der Waals surface area contributed by atoms with Gasteiger partial charge < -0.3 is 24.1 Å². The standard InChI is InChI=1S/C26H27ClN4O4/c1-16-9-18-10-19(3-4-21(18)30-16)35-26-20-11-23(33-2)24(12-22(20)28-15-29-26)34-14-17-5-7-31(8-6-17)25(32)13-27/h3-4,9-12,15,17,30H,5-8,13-14H2,1-2H3. The molecule has 5 rings (SSSR count). The van der Waals surface area contributed by atoms with Crippen LogP contribution in [-0.4, -0.2) is 58.4 Å². The molecule has 0 radical (unpaired) electrons. The van der Waals surface area contributed by atoms with E-state index >= 15 is 0 Å². The number of H-pyrrole nitrogens is 1. The molecule has 3 heterocycles. The number of methoxy groups -OCH3 is 1. The first-order chi connectivity index (χ1) is 17.0. The van der Waals surface area contributed by atoms with Crippen molar-refractivity contribution in [2.45, 2.75) is 19.8 Å². The summed E-state index contributed by atoms with van der Waals surface area (Å²) in [5.74, 6) is 2.71. The Kier molecular flexibility index (Phi) is 6.63. The fourth-order valence-corrected chi connectivity index (χ4v) is 4.64. The Morgan fingerprint density at radius 2 is 1.97 bits per heavy atom. The number of piperidine rings is 1. The van der Waals surface area contributed by atoms with E-state index < -0.39 is 0 Å². The first-order valence-electron chi connectivity index (χ1n) is 11.6. The van der Waals surface area contributed by atoms with Crippen molar-refractivity contribution in [3.8, 4) is 23.1 Å². The monoisotopic (exact) mass is 494 g/mol. The molecule has 0 bridgehead atoms. The van der Waals surface area contributed by atoms with E-state index in [1.165, 1.54) is 6.33 Å². The number of carbonyl (C=O) groups excluding carboxylic acids is 1. The van der Waals surface area contributed by atoms with Gasteiger partial charge in [0.2, 0.25) is 11.8 Å². The maximum atomic E-state index is 11.8. The highest BCUT2D eigenvalue weighted by Gasteiger charge is 2.23. The van der Waals surface area contributed by atoms with Gasteiger partial charge in [0.15, 0.2) is 11.5 Å². The Morgan fingerprint density at radius 3 is 2.74 bits per heavy atom. The Hall–Kier alpha value is -3.52. The van der Waals surface area contributed by atoms with Gasteiger partial charge in [-0.25, -0.2) is 9.97 Å². The molecule has 0 aliphatic carbocycles. The molecule has 0 spiro atoms. The van der Waals surface area contributed by atoms with Crippen LogP contribution in [0.5, 0.6) is 23.1 Å². The summed E-state index contributed by atoms with van der Waals surface area (Å²) in [6.07, 6.45) is 3.24. The first-order valence-corrected chi connectivity index (χ1v) is 12.1. The summed E-state index contributed by atoms with van der Waals surface area (Å²) in [7, 11) is 1.61. The molecule has 1 fully saturated rings. The number of aromatic amines is 1. The number of ether oxygens (including phenoxy) is 3. The summed E-state index contributed by atoms with van der Waals surface area (Å²) in [6.45, 7) is 3.97. The zero-order chi connectivity index (χ0) is 24.4. The Balaban J connectivity index is 1.33. The molecule has 182 valence electrons. The Morgan fingerprint density at radius 1 is 1.14 bits per heavy atom. The lowest BCUT2D eigenvalue weighted by Gasteiger charge is -2.31. The summed E-state index contributed by atoms with van der Waals surface area (Å²) < 4.78 is 17.9. The number of amides is 1. The Bertz CT molecular complexity index is 1360. The third-order valence-corrected chi connectivity index (χ3v) is 6.61. The number of benzene rings is 2. The predicted molar refractivity (Wildman–Crippen MR) is 135 cm³/mol. The van der Waals surface area contributed by atoms with Crippen LogP contribution in [-0.2, 0) is 4.79 Å². The SMILES string of the molecule is COc1cc2c(Oc3ccc4[nH]c(C)cc4c3)ncnc2cc1OCC1CCN(C(=O)CCl)CC1. The van der Waals surface area contributed by atoms with Gasteiger partial charge in [-0.3, -0.25) is 4.79 Å². The van der Waals surface area contributed by atoms with E-state index in [9.17, 15) is 4.79 Å². The normalized spacial score (nSPS) is 14.4. The van der Waals surface area contributed by atoms with Gasteiger partial charge in [0, 0.05) is 35.8 Å². The highest BCUT2D eigenvalue weighted by molar-refractivity contribution is 6.27. The summed E-state index contributed by atoms with van der Waals surface area (Å²) in [5, 5.41) is 1.81. The number of likely N-dealkylation sites (tertiary alicyclic amines) is 1. The third kappa shape index (κ3) is 4.98. The summed E-state index contributed by atoms with van der Waals surface area (Å²) in [6, 6.07) is 11.7. The lowest BCUT2D eigenvalue weighted by atomic mass is 9.98. The number of rotatable bonds is 7. The fourth-order valence-electron chi connectivity index (χ4n) is 4.47. The van der Waals surface area contributed by atoms with Crippen LogP contribution in [0.3, 0.4) is 0 Å². The number of aromatic nitrogens is 3. The van der Waals surface area contributed by atoms with Crippen molar-refractivity contribution in [2.75, 3.05) is 32.7 Å². The van der Waals surface area contributed by atoms with Crippen molar-refractivity contribution in [1.29, 1.82) is 0 Å². The van der Waals surface area contributed by atoms with Gasteiger partial charge in [0.05, 0.1) is 24.6 Å². The minimum absolute atomic E-state index is 0.0110. The minimum Gasteiger partial charge on any atom is -0.493 e. The van der Waals surface area contributed by atoms with Crippen LogP contribution in [0.4, 0.5) is 0 Å². The molecule has 0 saturated carbocycles. The van der Waals surface area contributed by atoms with Gasteiger partial charge in [-0.1, -0.05) is 0 Å². The molecular weight excluding hydrogens is 468 g/mol. The molecule has 1 N–H and O–H groups in total. The molecule has 0 atom stereocenters. The van der Waals surface area contributed by atoms with Crippen LogP contribution >= 0.6 is 11.6 Å². The zero-order valence-corrected chi connectivity index (χ0v) is 20.5. The van der Waals surface area contributed by atoms with Crippen molar-refractivity contribution < 1.29 is 19.0 Å². The molecular formula is C26H27ClN4O4. The van der Waals surface area contributed by atoms with Crippen LogP contribution in [0.25, 0.3) is 21.8 Å². The predicted octanol–water partition coefficient (Wildman–Crippen LogP) is 5.08. The average Bonchev–Trinajstić information content (AvgIpc) is 3.26. The maximum absolute atomic E-state index is 11.8. The van der Waals surface area contributed by atoms with Gasteiger partial charge in [-0.15, -0.1) is 11.6 Å². The Labute approximate surface area is 208 Å². The van der Waals surface area contributed by atoms with Crippen LogP contribution in [0.2, 0.25) is 0 Å². The van der Waals surface area contributed by atoms with Gasteiger partial charge >= 0.3 is 0 Å². The quantitative estimate of drug-likeness (QED) is 0.360. The number of hydrogen-bond donors (Lipinski definition) is 1. The smallest absolute Gasteiger partial charge is 0.237 e. The molecule has 4 aromatic rings. The molecule has 1 aliphatic rings. The molecule has 1 amide bonds. The van der Waals surface area contributed by atoms with E-state index in [0.717, 1.165) is 34.8 Å². The number of halogens is 1. The second kappa shape index (κ2) is 10.00. The molecule has 2 aromatic carbocycles. The summed E-state index contributed by atoms with van der Waals surface area (Å²) in [4.78, 5) is 25.7. The van der Waals surface area contributed by atoms with Crippen LogP contribution in [0.15, 0.2) is 42.7 Å². The van der Waals surface area contributed by atoms with Crippen molar-refractivity contribution in [3.63, 3.8) is 0 Å². The number of fused-ring (bicyclic) bond motifs is 2. The number of nitrogens with one attached hydrogen (secondary N) is 1. The van der Waals surface area contributed by atoms with Crippen LogP contribution < -0.4 is 14.2 Å². The van der Waals surface area contributed by atoms with Crippen molar-refractivity contribution in [3.05, 3.63) is 48.4 Å². The van der Waals surface area contributed by atoms with E-state index in [4.69, 9.17) is 25.8 Å². The molecule has 1 saturated heterocycles. The second-order valence-electron chi connectivity index (χ2n) is 8.77. The fraction of sp³-hybridized carbons (Fsp3) is 0.346. The topological polar surface area (TPSA) is 89.6 Å². The van der Waals surface area contributed by atoms with Crippen molar-refractivity contribution >= 4 is 39.3 Å². The highest BCUT2D eigenvalue weighted by Crippen LogP contribution is 2.37. The average molecular weight is 495 g/mol. The third-order valence-electron chi connectivity index (χ3n) is 6.38. The lowest BCUT2D eigenvalue weighted by molar-refractivity contribution is -0.130. The van der Waals surface area contributed by atoms with Crippen molar-refractivity contribution in [1.82, 2.24) is 19.9 Å². The van der Waals surface area contributed by atoms with Crippen molar-refractivity contribution in [2.24, 2.45) is 5.92 Å². The van der Waals surface area contributed by atoms with E-state index in [2.05, 4.69) is 21.0 Å². The molecule has 2 aromatic heterocycles. The van der Waals surface area contributed by atoms with E-state index in [-0.39, 0.29) is 11.8 Å². The summed E-state index contributed by atoms with van der Waals surface area (Å²) in [5.41, 5.74) is 2.85. The lowest BCUT2D eigenvalue weighted by Crippen LogP contribution is -2.40. The number of carbonyl (C=O) groups is 1. The number of alkyl halides is 1. The molecule has 0 unspecified atom stereocenters. The molecule has 35 heavy (non-hydrogen) atoms. The molecule has 8 nitrogen and oxygen atoms in total. The van der Waals surface area contributed by atoms with E-state index in [1.807, 2.05) is 42.2 Å². The maximum Gasteiger partial charge on any atom is 0.237 e. The number of aryl methyl sites for hydroxylation is 1. The van der Waals surface area contributed by atoms with Gasteiger partial charge in [0.1, 0.15) is 18.0 Å². The minimum atomic E-state index is -0.0110. The molecule has 9 heteroatoms. The van der Waals surface area contributed by atoms with Gasteiger partial charge in [-0.2, -0.15) is 0 Å². The van der Waals surface area contributed by atoms with Gasteiger partial charge in [-0.05, 0) is 56.0 Å². The largest absolute Gasteiger partial charge is 0.493 e. The highest BCUT2D eigenvalue weighted by atomic mass is 35.5. The number of nitrogens with zero attached hydrogens (tertiary/aromatic N) is 3. The first kappa shape index (κ1) is 23.2. The number of hydrogen-bond acceptors (Lipinski definition) is 6. The second-order valence-corrected chi connectivity index (χ2v) is 9.04. The van der Waals surface area contributed by atoms with Crippen LogP contribution in [0, 0.1) is 12.8 Å². The molecule has 1 aliphatic heterocycles. The zero-order valence-electron chi connectivity index (χ0n) is 19.7.